The molecule has 0 radical (unpaired) electrons. The second-order valence-electron chi connectivity index (χ2n) is 4.48. The fourth-order valence-electron chi connectivity index (χ4n) is 1.88. The Balaban J connectivity index is 2.33. The lowest BCUT2D eigenvalue weighted by atomic mass is 10.0. The van der Waals surface area contributed by atoms with Crippen molar-refractivity contribution >= 4 is 23.8 Å². The van der Waals surface area contributed by atoms with Crippen molar-refractivity contribution in [1.29, 1.82) is 0 Å². The van der Waals surface area contributed by atoms with Crippen LogP contribution in [0.25, 0.3) is 6.08 Å². The Morgan fingerprint density at radius 3 is 2.09 bits per heavy atom. The Morgan fingerprint density at radius 1 is 0.818 bits per heavy atom. The summed E-state index contributed by atoms with van der Waals surface area (Å²) in [4.78, 5) is 34.0. The topological polar surface area (TPSA) is 91.7 Å². The van der Waals surface area contributed by atoms with Crippen molar-refractivity contribution in [1.82, 2.24) is 0 Å². The minimum atomic E-state index is -1.25. The molecule has 5 nitrogen and oxygen atoms in total. The number of hydrogen-bond acceptors (Lipinski definition) is 3. The smallest absolute Gasteiger partial charge is 0.336 e. The van der Waals surface area contributed by atoms with Gasteiger partial charge >= 0.3 is 11.9 Å². The van der Waals surface area contributed by atoms with Crippen molar-refractivity contribution in [2.45, 2.75) is 0 Å². The van der Waals surface area contributed by atoms with Gasteiger partial charge in [-0.15, -0.1) is 0 Å². The van der Waals surface area contributed by atoms with E-state index < -0.39 is 11.9 Å². The average molecular weight is 296 g/mol. The van der Waals surface area contributed by atoms with Crippen LogP contribution in [0.2, 0.25) is 0 Å². The van der Waals surface area contributed by atoms with Gasteiger partial charge in [0.15, 0.2) is 5.78 Å². The van der Waals surface area contributed by atoms with Crippen LogP contribution >= 0.6 is 0 Å². The maximum atomic E-state index is 11.9. The first-order valence-electron chi connectivity index (χ1n) is 6.37. The minimum Gasteiger partial charge on any atom is -0.478 e. The van der Waals surface area contributed by atoms with E-state index in [4.69, 9.17) is 10.2 Å². The molecule has 0 fully saturated rings. The first kappa shape index (κ1) is 15.2. The summed E-state index contributed by atoms with van der Waals surface area (Å²) in [6.45, 7) is 0. The fraction of sp³-hybridized carbons (Fsp3) is 0. The maximum absolute atomic E-state index is 11.9. The minimum absolute atomic E-state index is 0.121. The largest absolute Gasteiger partial charge is 0.478 e. The van der Waals surface area contributed by atoms with E-state index in [1.165, 1.54) is 24.3 Å². The lowest BCUT2D eigenvalue weighted by molar-refractivity contribution is 0.0695. The zero-order chi connectivity index (χ0) is 16.1. The average Bonchev–Trinajstić information content (AvgIpc) is 2.53. The van der Waals surface area contributed by atoms with Crippen LogP contribution < -0.4 is 0 Å². The molecular formula is C17H12O5. The molecular weight excluding hydrogens is 284 g/mol. The van der Waals surface area contributed by atoms with Crippen LogP contribution in [-0.4, -0.2) is 27.9 Å². The lowest BCUT2D eigenvalue weighted by Crippen LogP contribution is -2.04. The number of ketones is 1. The van der Waals surface area contributed by atoms with Crippen LogP contribution in [0.5, 0.6) is 0 Å². The molecule has 0 aliphatic rings. The van der Waals surface area contributed by atoms with Crippen LogP contribution in [0, 0.1) is 0 Å². The number of carboxylic acids is 2. The molecule has 0 aromatic heterocycles. The van der Waals surface area contributed by atoms with Gasteiger partial charge in [-0.1, -0.05) is 42.5 Å². The van der Waals surface area contributed by atoms with Crippen LogP contribution in [0.4, 0.5) is 0 Å². The highest BCUT2D eigenvalue weighted by Gasteiger charge is 2.12. The zero-order valence-corrected chi connectivity index (χ0v) is 11.4. The summed E-state index contributed by atoms with van der Waals surface area (Å²) in [7, 11) is 0. The summed E-state index contributed by atoms with van der Waals surface area (Å²) in [5.41, 5.74) is 0.459. The number of benzene rings is 2. The molecule has 2 aromatic carbocycles. The molecule has 0 saturated carbocycles. The molecule has 2 rings (SSSR count). The highest BCUT2D eigenvalue weighted by Crippen LogP contribution is 2.15. The van der Waals surface area contributed by atoms with E-state index in [1.807, 2.05) is 0 Å². The molecule has 0 unspecified atom stereocenters. The zero-order valence-electron chi connectivity index (χ0n) is 11.4. The van der Waals surface area contributed by atoms with E-state index in [1.54, 1.807) is 30.3 Å². The van der Waals surface area contributed by atoms with Crippen molar-refractivity contribution in [3.05, 3.63) is 76.9 Å². The van der Waals surface area contributed by atoms with Crippen molar-refractivity contribution in [2.24, 2.45) is 0 Å². The van der Waals surface area contributed by atoms with Gasteiger partial charge in [0.2, 0.25) is 0 Å². The van der Waals surface area contributed by atoms with Crippen molar-refractivity contribution in [2.75, 3.05) is 0 Å². The summed E-state index contributed by atoms with van der Waals surface area (Å²) < 4.78 is 0. The van der Waals surface area contributed by atoms with Crippen molar-refractivity contribution in [3.63, 3.8) is 0 Å². The summed E-state index contributed by atoms with van der Waals surface area (Å²) in [5.74, 6) is -2.73. The molecule has 2 aromatic rings. The van der Waals surface area contributed by atoms with E-state index >= 15 is 0 Å². The quantitative estimate of drug-likeness (QED) is 0.653. The number of rotatable bonds is 5. The Bertz CT molecular complexity index is 760. The van der Waals surface area contributed by atoms with Crippen molar-refractivity contribution < 1.29 is 24.6 Å². The highest BCUT2D eigenvalue weighted by molar-refractivity contribution is 6.07. The molecule has 0 amide bonds. The Labute approximate surface area is 126 Å². The first-order valence-corrected chi connectivity index (χ1v) is 6.37. The molecule has 22 heavy (non-hydrogen) atoms. The summed E-state index contributed by atoms with van der Waals surface area (Å²) >= 11 is 0. The van der Waals surface area contributed by atoms with Gasteiger partial charge < -0.3 is 10.2 Å². The van der Waals surface area contributed by atoms with Gasteiger partial charge in [-0.25, -0.2) is 9.59 Å². The monoisotopic (exact) mass is 296 g/mol. The third kappa shape index (κ3) is 3.46. The lowest BCUT2D eigenvalue weighted by Gasteiger charge is -2.03. The summed E-state index contributed by atoms with van der Waals surface area (Å²) in [5, 5.41) is 18.0. The number of hydrogen-bond donors (Lipinski definition) is 2. The molecule has 110 valence electrons. The van der Waals surface area contributed by atoms with Gasteiger partial charge in [0.25, 0.3) is 0 Å². The second-order valence-corrected chi connectivity index (χ2v) is 4.48. The number of carbonyl (C=O) groups is 3. The number of aromatic carboxylic acids is 2. The second kappa shape index (κ2) is 6.49. The number of allylic oxidation sites excluding steroid dienone is 1. The first-order chi connectivity index (χ1) is 10.5. The Hall–Kier alpha value is -3.21. The molecule has 0 spiro atoms. The summed E-state index contributed by atoms with van der Waals surface area (Å²) in [6, 6.07) is 12.3. The van der Waals surface area contributed by atoms with Crippen LogP contribution in [0.1, 0.15) is 36.6 Å². The van der Waals surface area contributed by atoms with E-state index in [9.17, 15) is 14.4 Å². The van der Waals surface area contributed by atoms with Gasteiger partial charge in [-0.3, -0.25) is 4.79 Å². The maximum Gasteiger partial charge on any atom is 0.336 e. The van der Waals surface area contributed by atoms with E-state index in [0.29, 0.717) is 5.56 Å². The third-order valence-corrected chi connectivity index (χ3v) is 3.00. The molecule has 5 heteroatoms. The van der Waals surface area contributed by atoms with Crippen LogP contribution in [0.3, 0.4) is 0 Å². The highest BCUT2D eigenvalue weighted by atomic mass is 16.4. The van der Waals surface area contributed by atoms with Gasteiger partial charge in [0.1, 0.15) is 0 Å². The van der Waals surface area contributed by atoms with Crippen molar-refractivity contribution in [3.8, 4) is 0 Å². The Morgan fingerprint density at radius 2 is 1.50 bits per heavy atom. The molecule has 0 atom stereocenters. The summed E-state index contributed by atoms with van der Waals surface area (Å²) in [6.07, 6.45) is 2.63. The predicted octanol–water partition coefficient (Wildman–Crippen LogP) is 2.98. The number of carbonyl (C=O) groups excluding carboxylic acids is 1. The van der Waals surface area contributed by atoms with E-state index in [-0.39, 0.29) is 22.5 Å². The predicted molar refractivity (Wildman–Crippen MR) is 80.2 cm³/mol. The van der Waals surface area contributed by atoms with Gasteiger partial charge in [-0.05, 0) is 23.8 Å². The van der Waals surface area contributed by atoms with Gasteiger partial charge in [-0.2, -0.15) is 0 Å². The molecule has 0 aliphatic heterocycles. The molecule has 2 N–H and O–H groups in total. The van der Waals surface area contributed by atoms with Gasteiger partial charge in [0.05, 0.1) is 11.1 Å². The van der Waals surface area contributed by atoms with Crippen LogP contribution in [-0.2, 0) is 0 Å². The molecule has 0 bridgehead atoms. The van der Waals surface area contributed by atoms with Crippen LogP contribution in [0.15, 0.2) is 54.6 Å². The normalized spacial score (nSPS) is 10.5. The Kier molecular flexibility index (Phi) is 4.48. The third-order valence-electron chi connectivity index (χ3n) is 3.00. The standard InChI is InChI=1S/C17H12O5/c18-15(12-4-2-1-3-5-12)9-8-11-6-7-13(16(19)20)10-14(11)17(21)22/h1-10H,(H,19,20)(H,21,22)/b9-8+. The molecule has 0 heterocycles. The molecule has 0 aliphatic carbocycles. The fourth-order valence-corrected chi connectivity index (χ4v) is 1.88. The SMILES string of the molecule is O=C(O)c1ccc(/C=C/C(=O)c2ccccc2)c(C(=O)O)c1. The van der Waals surface area contributed by atoms with Gasteiger partial charge in [0, 0.05) is 5.56 Å². The van der Waals surface area contributed by atoms with E-state index in [2.05, 4.69) is 0 Å². The number of carboxylic acid groups (broad SMARTS) is 2. The molecule has 0 saturated heterocycles. The van der Waals surface area contributed by atoms with E-state index in [0.717, 1.165) is 6.07 Å².